The van der Waals surface area contributed by atoms with Crippen LogP contribution in [0.2, 0.25) is 0 Å². The molecule has 0 aliphatic carbocycles. The normalized spacial score (nSPS) is 14.3. The topological polar surface area (TPSA) is 65.1 Å². The third kappa shape index (κ3) is 3.15. The van der Waals surface area contributed by atoms with E-state index in [9.17, 15) is 4.79 Å². The number of amides is 1. The van der Waals surface area contributed by atoms with Crippen LogP contribution in [0.5, 0.6) is 0 Å². The van der Waals surface area contributed by atoms with Crippen LogP contribution < -0.4 is 5.32 Å². The van der Waals surface area contributed by atoms with E-state index >= 15 is 0 Å². The average Bonchev–Trinajstić information content (AvgIpc) is 2.81. The molecule has 2 unspecified atom stereocenters. The summed E-state index contributed by atoms with van der Waals surface area (Å²) in [6.07, 6.45) is 2.23. The zero-order chi connectivity index (χ0) is 13.8. The van der Waals surface area contributed by atoms with Gasteiger partial charge in [-0.05, 0) is 24.5 Å². The number of aromatic amines is 1. The number of rotatable bonds is 5. The number of benzene rings is 1. The number of carbonyl (C=O) groups excluding carboxylic acids is 1. The Balaban J connectivity index is 2.03. The quantitative estimate of drug-likeness (QED) is 0.768. The van der Waals surface area contributed by atoms with Crippen molar-refractivity contribution in [2.45, 2.75) is 26.3 Å². The Kier molecular flexibility index (Phi) is 4.22. The second-order valence-electron chi connectivity index (χ2n) is 5.05. The fourth-order valence-electron chi connectivity index (χ4n) is 2.06. The Labute approximate surface area is 112 Å². The van der Waals surface area contributed by atoms with Crippen LogP contribution in [-0.2, 0) is 11.2 Å². The maximum atomic E-state index is 12.0. The van der Waals surface area contributed by atoms with Gasteiger partial charge in [0.05, 0.1) is 6.42 Å². The van der Waals surface area contributed by atoms with Gasteiger partial charge in [0.15, 0.2) is 0 Å². The minimum atomic E-state index is -0.0253. The first-order chi connectivity index (χ1) is 9.11. The highest BCUT2D eigenvalue weighted by molar-refractivity contribution is 5.88. The maximum Gasteiger partial charge on any atom is 0.224 e. The van der Waals surface area contributed by atoms with E-state index in [1.54, 1.807) is 0 Å². The highest BCUT2D eigenvalue weighted by Crippen LogP contribution is 2.18. The standard InChI is InChI=1S/C15H20N2O2/c1-10(9-18)11(2)17-15(19)7-12-8-16-14-6-4-3-5-13(12)14/h3-6,8,10-11,16,18H,7,9H2,1-2H3,(H,17,19). The van der Waals surface area contributed by atoms with Gasteiger partial charge in [0.2, 0.25) is 5.91 Å². The molecule has 102 valence electrons. The maximum absolute atomic E-state index is 12.0. The average molecular weight is 260 g/mol. The van der Waals surface area contributed by atoms with Gasteiger partial charge in [-0.15, -0.1) is 0 Å². The largest absolute Gasteiger partial charge is 0.396 e. The number of aliphatic hydroxyl groups excluding tert-OH is 1. The van der Waals surface area contributed by atoms with E-state index in [1.807, 2.05) is 44.3 Å². The number of H-pyrrole nitrogens is 1. The van der Waals surface area contributed by atoms with Crippen LogP contribution in [0.4, 0.5) is 0 Å². The molecule has 0 aliphatic rings. The molecule has 19 heavy (non-hydrogen) atoms. The van der Waals surface area contributed by atoms with Gasteiger partial charge in [0.25, 0.3) is 0 Å². The molecular weight excluding hydrogens is 240 g/mol. The molecule has 1 heterocycles. The number of hydrogen-bond donors (Lipinski definition) is 3. The number of para-hydroxylation sites is 1. The molecule has 0 saturated carbocycles. The van der Waals surface area contributed by atoms with E-state index in [1.165, 1.54) is 0 Å². The van der Waals surface area contributed by atoms with Crippen molar-refractivity contribution >= 4 is 16.8 Å². The fourth-order valence-corrected chi connectivity index (χ4v) is 2.06. The highest BCUT2D eigenvalue weighted by Gasteiger charge is 2.15. The lowest BCUT2D eigenvalue weighted by Gasteiger charge is -2.19. The molecule has 1 aromatic heterocycles. The first kappa shape index (κ1) is 13.6. The number of hydrogen-bond acceptors (Lipinski definition) is 2. The van der Waals surface area contributed by atoms with Crippen LogP contribution in [0, 0.1) is 5.92 Å². The third-order valence-electron chi connectivity index (χ3n) is 3.56. The van der Waals surface area contributed by atoms with E-state index in [2.05, 4.69) is 10.3 Å². The summed E-state index contributed by atoms with van der Waals surface area (Å²) in [6.45, 7) is 3.90. The lowest BCUT2D eigenvalue weighted by Crippen LogP contribution is -2.39. The molecule has 0 saturated heterocycles. The smallest absolute Gasteiger partial charge is 0.224 e. The van der Waals surface area contributed by atoms with Crippen molar-refractivity contribution in [2.24, 2.45) is 5.92 Å². The predicted octanol–water partition coefficient (Wildman–Crippen LogP) is 1.84. The molecule has 2 atom stereocenters. The van der Waals surface area contributed by atoms with Crippen LogP contribution >= 0.6 is 0 Å². The number of aromatic nitrogens is 1. The van der Waals surface area contributed by atoms with Crippen molar-refractivity contribution in [1.82, 2.24) is 10.3 Å². The van der Waals surface area contributed by atoms with Crippen molar-refractivity contribution in [3.05, 3.63) is 36.0 Å². The number of aliphatic hydroxyl groups is 1. The Bertz CT molecular complexity index is 562. The summed E-state index contributed by atoms with van der Waals surface area (Å²) in [5, 5.41) is 13.1. The van der Waals surface area contributed by atoms with Crippen molar-refractivity contribution < 1.29 is 9.90 Å². The van der Waals surface area contributed by atoms with Crippen LogP contribution in [0.15, 0.2) is 30.5 Å². The van der Waals surface area contributed by atoms with Crippen LogP contribution in [-0.4, -0.2) is 28.6 Å². The van der Waals surface area contributed by atoms with Crippen molar-refractivity contribution in [3.63, 3.8) is 0 Å². The molecule has 0 radical (unpaired) electrons. The Morgan fingerprint density at radius 1 is 1.37 bits per heavy atom. The van der Waals surface area contributed by atoms with Gasteiger partial charge in [0, 0.05) is 29.7 Å². The lowest BCUT2D eigenvalue weighted by atomic mass is 10.0. The zero-order valence-corrected chi connectivity index (χ0v) is 11.3. The molecule has 1 amide bonds. The molecule has 2 aromatic rings. The first-order valence-corrected chi connectivity index (χ1v) is 6.57. The Morgan fingerprint density at radius 3 is 2.84 bits per heavy atom. The number of carbonyl (C=O) groups is 1. The first-order valence-electron chi connectivity index (χ1n) is 6.57. The summed E-state index contributed by atoms with van der Waals surface area (Å²) < 4.78 is 0. The van der Waals surface area contributed by atoms with Gasteiger partial charge in [-0.25, -0.2) is 0 Å². The van der Waals surface area contributed by atoms with Crippen molar-refractivity contribution in [2.75, 3.05) is 6.61 Å². The molecule has 0 spiro atoms. The summed E-state index contributed by atoms with van der Waals surface area (Å²) in [5.74, 6) is 0.0458. The van der Waals surface area contributed by atoms with Gasteiger partial charge in [-0.1, -0.05) is 25.1 Å². The van der Waals surface area contributed by atoms with Crippen LogP contribution in [0.3, 0.4) is 0 Å². The predicted molar refractivity (Wildman–Crippen MR) is 75.9 cm³/mol. The van der Waals surface area contributed by atoms with E-state index in [0.29, 0.717) is 6.42 Å². The molecule has 4 heteroatoms. The van der Waals surface area contributed by atoms with Crippen LogP contribution in [0.25, 0.3) is 10.9 Å². The van der Waals surface area contributed by atoms with Gasteiger partial charge in [-0.3, -0.25) is 4.79 Å². The van der Waals surface area contributed by atoms with E-state index < -0.39 is 0 Å². The molecule has 2 rings (SSSR count). The van der Waals surface area contributed by atoms with Gasteiger partial charge in [0.1, 0.15) is 0 Å². The van der Waals surface area contributed by atoms with E-state index in [4.69, 9.17) is 5.11 Å². The number of fused-ring (bicyclic) bond motifs is 1. The second-order valence-corrected chi connectivity index (χ2v) is 5.05. The molecular formula is C15H20N2O2. The molecule has 0 fully saturated rings. The Morgan fingerprint density at radius 2 is 2.11 bits per heavy atom. The summed E-state index contributed by atoms with van der Waals surface area (Å²) in [6, 6.07) is 7.91. The third-order valence-corrected chi connectivity index (χ3v) is 3.56. The molecule has 0 aliphatic heterocycles. The van der Waals surface area contributed by atoms with Crippen LogP contribution in [0.1, 0.15) is 19.4 Å². The minimum absolute atomic E-state index is 0.0162. The van der Waals surface area contributed by atoms with Gasteiger partial charge >= 0.3 is 0 Å². The summed E-state index contributed by atoms with van der Waals surface area (Å²) in [5.41, 5.74) is 2.04. The Hall–Kier alpha value is -1.81. The van der Waals surface area contributed by atoms with Gasteiger partial charge < -0.3 is 15.4 Å². The zero-order valence-electron chi connectivity index (χ0n) is 11.3. The summed E-state index contributed by atoms with van der Waals surface area (Å²) >= 11 is 0. The second kappa shape index (κ2) is 5.89. The van der Waals surface area contributed by atoms with Crippen molar-refractivity contribution in [1.29, 1.82) is 0 Å². The minimum Gasteiger partial charge on any atom is -0.396 e. The molecule has 0 bridgehead atoms. The monoisotopic (exact) mass is 260 g/mol. The number of nitrogens with one attached hydrogen (secondary N) is 2. The van der Waals surface area contributed by atoms with E-state index in [0.717, 1.165) is 16.5 Å². The SMILES string of the molecule is CC(CO)C(C)NC(=O)Cc1c[nH]c2ccccc12. The van der Waals surface area contributed by atoms with Crippen molar-refractivity contribution in [3.8, 4) is 0 Å². The van der Waals surface area contributed by atoms with Gasteiger partial charge in [-0.2, -0.15) is 0 Å². The molecule has 1 aromatic carbocycles. The highest BCUT2D eigenvalue weighted by atomic mass is 16.3. The van der Waals surface area contributed by atoms with E-state index in [-0.39, 0.29) is 24.5 Å². The summed E-state index contributed by atoms with van der Waals surface area (Å²) in [4.78, 5) is 15.1. The summed E-state index contributed by atoms with van der Waals surface area (Å²) in [7, 11) is 0. The molecule has 4 nitrogen and oxygen atoms in total. The molecule has 3 N–H and O–H groups in total. The lowest BCUT2D eigenvalue weighted by molar-refractivity contribution is -0.121. The fraction of sp³-hybridized carbons (Fsp3) is 0.400.